The number of amides is 1. The Morgan fingerprint density at radius 1 is 1.42 bits per heavy atom. The van der Waals surface area contributed by atoms with Crippen LogP contribution in [-0.2, 0) is 13.8 Å². The molecular weight excluding hydrogens is 290 g/mol. The minimum Gasteiger partial charge on any atom is -0.482 e. The van der Waals surface area contributed by atoms with E-state index in [4.69, 9.17) is 15.4 Å². The van der Waals surface area contributed by atoms with Crippen LogP contribution < -0.4 is 10.1 Å². The second-order valence-electron chi connectivity index (χ2n) is 4.03. The molecule has 0 bridgehead atoms. The smallest absolute Gasteiger partial charge is 0.264 e. The summed E-state index contributed by atoms with van der Waals surface area (Å²) in [6, 6.07) is 4.57. The number of nitrogens with one attached hydrogen (secondary N) is 1. The summed E-state index contributed by atoms with van der Waals surface area (Å²) >= 11 is 0. The number of carbonyl (C=O) groups is 1. The predicted molar refractivity (Wildman–Crippen MR) is 73.0 cm³/mol. The Bertz CT molecular complexity index is 557. The minimum atomic E-state index is -3.91. The highest BCUT2D eigenvalue weighted by atomic mass is 35.7. The number of benzene rings is 1. The Balaban J connectivity index is 2.82. The lowest BCUT2D eigenvalue weighted by atomic mass is 10.2. The highest BCUT2D eigenvalue weighted by Gasteiger charge is 2.17. The van der Waals surface area contributed by atoms with E-state index in [1.54, 1.807) is 13.0 Å². The predicted octanol–water partition coefficient (Wildman–Crippen LogP) is 1.83. The fourth-order valence-corrected chi connectivity index (χ4v) is 2.44. The first-order valence-corrected chi connectivity index (χ1v) is 8.10. The first-order chi connectivity index (χ1) is 8.84. The highest BCUT2D eigenvalue weighted by Crippen LogP contribution is 2.27. The number of hydrogen-bond acceptors (Lipinski definition) is 4. The molecule has 7 heteroatoms. The number of carbonyl (C=O) groups excluding carboxylic acids is 1. The molecule has 1 aromatic carbocycles. The molecule has 0 unspecified atom stereocenters. The average molecular weight is 306 g/mol. The van der Waals surface area contributed by atoms with Crippen LogP contribution in [0.25, 0.3) is 0 Å². The van der Waals surface area contributed by atoms with Crippen LogP contribution in [0, 0.1) is 6.92 Å². The Labute approximate surface area is 117 Å². The molecule has 5 nitrogen and oxygen atoms in total. The molecule has 1 rings (SSSR count). The third-order valence-electron chi connectivity index (χ3n) is 2.29. The van der Waals surface area contributed by atoms with Crippen LogP contribution in [-0.4, -0.2) is 27.5 Å². The molecule has 106 valence electrons. The molecule has 0 aliphatic heterocycles. The molecule has 0 aromatic heterocycles. The molecule has 0 aliphatic carbocycles. The van der Waals surface area contributed by atoms with E-state index in [0.29, 0.717) is 6.54 Å². The van der Waals surface area contributed by atoms with E-state index in [2.05, 4.69) is 5.32 Å². The van der Waals surface area contributed by atoms with E-state index < -0.39 is 9.05 Å². The quantitative estimate of drug-likeness (QED) is 0.814. The number of rotatable bonds is 6. The summed E-state index contributed by atoms with van der Waals surface area (Å²) in [7, 11) is 1.42. The van der Waals surface area contributed by atoms with Gasteiger partial charge in [0.05, 0.1) is 0 Å². The van der Waals surface area contributed by atoms with Crippen molar-refractivity contribution in [2.75, 3.05) is 13.2 Å². The van der Waals surface area contributed by atoms with Gasteiger partial charge in [0.25, 0.3) is 15.0 Å². The molecule has 1 N–H and O–H groups in total. The van der Waals surface area contributed by atoms with Crippen LogP contribution in [0.5, 0.6) is 5.75 Å². The lowest BCUT2D eigenvalue weighted by Crippen LogP contribution is -2.29. The molecule has 1 aromatic rings. The molecule has 0 atom stereocenters. The molecule has 0 fully saturated rings. The molecule has 1 amide bonds. The van der Waals surface area contributed by atoms with Gasteiger partial charge in [-0.15, -0.1) is 0 Å². The average Bonchev–Trinajstić information content (AvgIpc) is 2.33. The standard InChI is InChI=1S/C12H16ClNO4S/c1-3-6-14-12(15)8-18-10-5-4-9(2)7-11(10)19(13,16)17/h4-5,7H,3,6,8H2,1-2H3,(H,14,15). The van der Waals surface area contributed by atoms with Crippen LogP contribution in [0.3, 0.4) is 0 Å². The Morgan fingerprint density at radius 3 is 2.68 bits per heavy atom. The Hall–Kier alpha value is -1.27. The van der Waals surface area contributed by atoms with Crippen molar-refractivity contribution in [1.29, 1.82) is 0 Å². The van der Waals surface area contributed by atoms with Crippen molar-refractivity contribution >= 4 is 25.6 Å². The summed E-state index contributed by atoms with van der Waals surface area (Å²) in [5.74, 6) is -0.229. The van der Waals surface area contributed by atoms with Gasteiger partial charge >= 0.3 is 0 Å². The van der Waals surface area contributed by atoms with Gasteiger partial charge in [-0.05, 0) is 31.0 Å². The molecule has 0 radical (unpaired) electrons. The summed E-state index contributed by atoms with van der Waals surface area (Å²) in [4.78, 5) is 11.3. The number of hydrogen-bond donors (Lipinski definition) is 1. The van der Waals surface area contributed by atoms with E-state index in [1.807, 2.05) is 6.92 Å². The summed E-state index contributed by atoms with van der Waals surface area (Å²) in [6.07, 6.45) is 0.817. The highest BCUT2D eigenvalue weighted by molar-refractivity contribution is 8.13. The number of aryl methyl sites for hydroxylation is 1. The first-order valence-electron chi connectivity index (χ1n) is 5.79. The lowest BCUT2D eigenvalue weighted by molar-refractivity contribution is -0.123. The van der Waals surface area contributed by atoms with E-state index in [0.717, 1.165) is 12.0 Å². The second-order valence-corrected chi connectivity index (χ2v) is 6.56. The Kier molecular flexibility index (Phi) is 5.62. The van der Waals surface area contributed by atoms with E-state index in [-0.39, 0.29) is 23.2 Å². The molecule has 0 aliphatic rings. The van der Waals surface area contributed by atoms with Gasteiger partial charge in [0.15, 0.2) is 6.61 Å². The maximum absolute atomic E-state index is 11.4. The SMILES string of the molecule is CCCNC(=O)COc1ccc(C)cc1S(=O)(=O)Cl. The maximum atomic E-state index is 11.4. The van der Waals surface area contributed by atoms with Crippen molar-refractivity contribution in [3.05, 3.63) is 23.8 Å². The van der Waals surface area contributed by atoms with Gasteiger partial charge < -0.3 is 10.1 Å². The largest absolute Gasteiger partial charge is 0.482 e. The zero-order valence-electron chi connectivity index (χ0n) is 10.8. The van der Waals surface area contributed by atoms with Gasteiger partial charge in [0.1, 0.15) is 10.6 Å². The zero-order valence-corrected chi connectivity index (χ0v) is 12.3. The molecule has 0 heterocycles. The Morgan fingerprint density at radius 2 is 2.11 bits per heavy atom. The summed E-state index contributed by atoms with van der Waals surface area (Å²) in [5, 5.41) is 2.63. The van der Waals surface area contributed by atoms with Crippen molar-refractivity contribution in [2.24, 2.45) is 0 Å². The van der Waals surface area contributed by atoms with Gasteiger partial charge in [-0.25, -0.2) is 8.42 Å². The summed E-state index contributed by atoms with van der Waals surface area (Å²) in [5.41, 5.74) is 0.738. The van der Waals surface area contributed by atoms with Crippen molar-refractivity contribution in [3.8, 4) is 5.75 Å². The van der Waals surface area contributed by atoms with Gasteiger partial charge in [-0.2, -0.15) is 0 Å². The number of halogens is 1. The first kappa shape index (κ1) is 15.8. The van der Waals surface area contributed by atoms with Crippen LogP contribution in [0.2, 0.25) is 0 Å². The van der Waals surface area contributed by atoms with Crippen LogP contribution in [0.15, 0.2) is 23.1 Å². The van der Waals surface area contributed by atoms with Crippen molar-refractivity contribution < 1.29 is 17.9 Å². The van der Waals surface area contributed by atoms with E-state index in [9.17, 15) is 13.2 Å². The monoisotopic (exact) mass is 305 g/mol. The molecule has 0 saturated heterocycles. The molecular formula is C12H16ClNO4S. The lowest BCUT2D eigenvalue weighted by Gasteiger charge is -2.10. The fourth-order valence-electron chi connectivity index (χ4n) is 1.38. The maximum Gasteiger partial charge on any atom is 0.264 e. The van der Waals surface area contributed by atoms with Gasteiger partial charge in [-0.1, -0.05) is 13.0 Å². The van der Waals surface area contributed by atoms with Crippen molar-refractivity contribution in [3.63, 3.8) is 0 Å². The van der Waals surface area contributed by atoms with Crippen molar-refractivity contribution in [2.45, 2.75) is 25.2 Å². The third kappa shape index (κ3) is 5.08. The summed E-state index contributed by atoms with van der Waals surface area (Å²) < 4.78 is 28.0. The normalized spacial score (nSPS) is 11.1. The van der Waals surface area contributed by atoms with Gasteiger partial charge in [0, 0.05) is 17.2 Å². The van der Waals surface area contributed by atoms with E-state index >= 15 is 0 Å². The van der Waals surface area contributed by atoms with Gasteiger partial charge in [0.2, 0.25) is 0 Å². The topological polar surface area (TPSA) is 72.5 Å². The molecule has 0 saturated carbocycles. The zero-order chi connectivity index (χ0) is 14.5. The van der Waals surface area contributed by atoms with Crippen LogP contribution in [0.1, 0.15) is 18.9 Å². The fraction of sp³-hybridized carbons (Fsp3) is 0.417. The summed E-state index contributed by atoms with van der Waals surface area (Å²) in [6.45, 7) is 3.97. The van der Waals surface area contributed by atoms with Crippen LogP contribution >= 0.6 is 10.7 Å². The number of ether oxygens (including phenoxy) is 1. The van der Waals surface area contributed by atoms with Crippen molar-refractivity contribution in [1.82, 2.24) is 5.32 Å². The third-order valence-corrected chi connectivity index (χ3v) is 3.64. The molecule has 19 heavy (non-hydrogen) atoms. The minimum absolute atomic E-state index is 0.0762. The van der Waals surface area contributed by atoms with E-state index in [1.165, 1.54) is 12.1 Å². The molecule has 0 spiro atoms. The van der Waals surface area contributed by atoms with Crippen LogP contribution in [0.4, 0.5) is 0 Å². The van der Waals surface area contributed by atoms with Gasteiger partial charge in [-0.3, -0.25) is 4.79 Å². The second kappa shape index (κ2) is 6.77.